The van der Waals surface area contributed by atoms with Crippen molar-refractivity contribution in [2.75, 3.05) is 13.1 Å². The summed E-state index contributed by atoms with van der Waals surface area (Å²) in [5.41, 5.74) is 0. The first-order valence-corrected chi connectivity index (χ1v) is 4.53. The van der Waals surface area contributed by atoms with Gasteiger partial charge in [0.2, 0.25) is 0 Å². The van der Waals surface area contributed by atoms with E-state index in [-0.39, 0.29) is 0 Å². The molecule has 0 amide bonds. The minimum atomic E-state index is 0.896. The summed E-state index contributed by atoms with van der Waals surface area (Å²) in [4.78, 5) is 0. The molecule has 0 bridgehead atoms. The van der Waals surface area contributed by atoms with E-state index in [1.54, 1.807) is 0 Å². The Morgan fingerprint density at radius 1 is 1.50 bits per heavy atom. The lowest BCUT2D eigenvalue weighted by Crippen LogP contribution is -2.18. The molecule has 1 heterocycles. The molecule has 1 saturated heterocycles. The third-order valence-electron chi connectivity index (χ3n) is 2.54. The molecule has 1 aliphatic heterocycles. The maximum atomic E-state index is 3.46. The van der Waals surface area contributed by atoms with Crippen molar-refractivity contribution in [2.24, 2.45) is 11.8 Å². The van der Waals surface area contributed by atoms with Crippen molar-refractivity contribution >= 4 is 0 Å². The van der Waals surface area contributed by atoms with Crippen LogP contribution in [0.25, 0.3) is 0 Å². The predicted molar refractivity (Wildman–Crippen MR) is 45.0 cm³/mol. The van der Waals surface area contributed by atoms with Crippen LogP contribution in [-0.2, 0) is 0 Å². The number of rotatable bonds is 1. The Hall–Kier alpha value is -0.0400. The van der Waals surface area contributed by atoms with Crippen LogP contribution in [0.5, 0.6) is 0 Å². The molecular weight excluding hydrogens is 122 g/mol. The molecule has 1 rings (SSSR count). The Labute approximate surface area is 64.2 Å². The van der Waals surface area contributed by atoms with Gasteiger partial charge in [-0.3, -0.25) is 0 Å². The molecule has 0 aromatic carbocycles. The molecule has 2 atom stereocenters. The second-order valence-corrected chi connectivity index (χ2v) is 3.61. The highest BCUT2D eigenvalue weighted by atomic mass is 14.9. The van der Waals surface area contributed by atoms with E-state index in [4.69, 9.17) is 0 Å². The summed E-state index contributed by atoms with van der Waals surface area (Å²) in [6, 6.07) is 0. The van der Waals surface area contributed by atoms with Gasteiger partial charge in [-0.1, -0.05) is 20.3 Å². The summed E-state index contributed by atoms with van der Waals surface area (Å²) in [7, 11) is 0. The fraction of sp³-hybridized carbons (Fsp3) is 1.00. The first-order chi connectivity index (χ1) is 4.83. The van der Waals surface area contributed by atoms with Crippen LogP contribution >= 0.6 is 0 Å². The maximum Gasteiger partial charge on any atom is -0.00231 e. The van der Waals surface area contributed by atoms with Crippen LogP contribution in [-0.4, -0.2) is 13.1 Å². The van der Waals surface area contributed by atoms with Crippen molar-refractivity contribution in [2.45, 2.75) is 33.1 Å². The highest BCUT2D eigenvalue weighted by molar-refractivity contribution is 4.69. The summed E-state index contributed by atoms with van der Waals surface area (Å²) < 4.78 is 0. The quantitative estimate of drug-likeness (QED) is 0.589. The fourth-order valence-corrected chi connectivity index (χ4v) is 1.80. The van der Waals surface area contributed by atoms with Crippen LogP contribution in [0.2, 0.25) is 0 Å². The van der Waals surface area contributed by atoms with E-state index in [0.717, 1.165) is 11.8 Å². The molecule has 0 saturated carbocycles. The highest BCUT2D eigenvalue weighted by Gasteiger charge is 2.14. The van der Waals surface area contributed by atoms with Gasteiger partial charge in [0.1, 0.15) is 0 Å². The molecule has 1 heteroatoms. The van der Waals surface area contributed by atoms with Gasteiger partial charge in [0.05, 0.1) is 0 Å². The first kappa shape index (κ1) is 8.06. The van der Waals surface area contributed by atoms with Crippen molar-refractivity contribution in [1.82, 2.24) is 5.32 Å². The average molecular weight is 141 g/mol. The van der Waals surface area contributed by atoms with Crippen LogP contribution in [0.15, 0.2) is 0 Å². The Morgan fingerprint density at radius 2 is 2.30 bits per heavy atom. The van der Waals surface area contributed by atoms with Gasteiger partial charge in [-0.25, -0.2) is 0 Å². The Kier molecular flexibility index (Phi) is 3.20. The topological polar surface area (TPSA) is 12.0 Å². The van der Waals surface area contributed by atoms with E-state index in [9.17, 15) is 0 Å². The summed E-state index contributed by atoms with van der Waals surface area (Å²) in [6.45, 7) is 7.13. The van der Waals surface area contributed by atoms with Gasteiger partial charge in [0, 0.05) is 0 Å². The number of hydrogen-bond acceptors (Lipinski definition) is 1. The third-order valence-corrected chi connectivity index (χ3v) is 2.54. The van der Waals surface area contributed by atoms with Crippen molar-refractivity contribution in [1.29, 1.82) is 0 Å². The highest BCUT2D eigenvalue weighted by Crippen LogP contribution is 2.20. The lowest BCUT2D eigenvalue weighted by Gasteiger charge is -2.13. The van der Waals surface area contributed by atoms with E-state index in [1.165, 1.54) is 32.4 Å². The van der Waals surface area contributed by atoms with Gasteiger partial charge in [0.15, 0.2) is 0 Å². The second kappa shape index (κ2) is 3.97. The molecule has 1 nitrogen and oxygen atoms in total. The zero-order valence-corrected chi connectivity index (χ0v) is 7.19. The Balaban J connectivity index is 2.30. The van der Waals surface area contributed by atoms with E-state index in [2.05, 4.69) is 19.2 Å². The zero-order chi connectivity index (χ0) is 7.40. The molecule has 0 spiro atoms. The maximum absolute atomic E-state index is 3.46. The van der Waals surface area contributed by atoms with Crippen molar-refractivity contribution in [3.05, 3.63) is 0 Å². The summed E-state index contributed by atoms with van der Waals surface area (Å²) >= 11 is 0. The molecule has 0 aromatic rings. The molecule has 0 radical (unpaired) electrons. The lowest BCUT2D eigenvalue weighted by atomic mass is 9.93. The summed E-state index contributed by atoms with van der Waals surface area (Å²) in [5, 5.41) is 3.46. The average Bonchev–Trinajstić information content (AvgIpc) is 2.13. The smallest absolute Gasteiger partial charge is 0.00231 e. The Morgan fingerprint density at radius 3 is 3.00 bits per heavy atom. The zero-order valence-electron chi connectivity index (χ0n) is 7.19. The van der Waals surface area contributed by atoms with Crippen LogP contribution in [0, 0.1) is 11.8 Å². The second-order valence-electron chi connectivity index (χ2n) is 3.61. The SMILES string of the molecule is CCC1CCNCC(C)C1. The third kappa shape index (κ3) is 2.30. The van der Waals surface area contributed by atoms with Crippen LogP contribution in [0.1, 0.15) is 33.1 Å². The molecular formula is C9H19N. The van der Waals surface area contributed by atoms with Gasteiger partial charge in [-0.2, -0.15) is 0 Å². The molecule has 10 heavy (non-hydrogen) atoms. The van der Waals surface area contributed by atoms with Crippen LogP contribution in [0.3, 0.4) is 0 Å². The van der Waals surface area contributed by atoms with Gasteiger partial charge in [0.25, 0.3) is 0 Å². The lowest BCUT2D eigenvalue weighted by molar-refractivity contribution is 0.400. The molecule has 0 aromatic heterocycles. The van der Waals surface area contributed by atoms with Gasteiger partial charge < -0.3 is 5.32 Å². The van der Waals surface area contributed by atoms with Gasteiger partial charge in [-0.05, 0) is 37.8 Å². The minimum Gasteiger partial charge on any atom is -0.316 e. The van der Waals surface area contributed by atoms with Crippen molar-refractivity contribution in [3.63, 3.8) is 0 Å². The van der Waals surface area contributed by atoms with Crippen molar-refractivity contribution in [3.8, 4) is 0 Å². The molecule has 2 unspecified atom stereocenters. The normalized spacial score (nSPS) is 35.4. The minimum absolute atomic E-state index is 0.896. The van der Waals surface area contributed by atoms with E-state index in [0.29, 0.717) is 0 Å². The van der Waals surface area contributed by atoms with E-state index >= 15 is 0 Å². The molecule has 60 valence electrons. The molecule has 1 fully saturated rings. The fourth-order valence-electron chi connectivity index (χ4n) is 1.80. The monoisotopic (exact) mass is 141 g/mol. The molecule has 0 aliphatic carbocycles. The predicted octanol–water partition coefficient (Wildman–Crippen LogP) is 2.03. The molecule has 1 aliphatic rings. The summed E-state index contributed by atoms with van der Waals surface area (Å²) in [5.74, 6) is 1.89. The largest absolute Gasteiger partial charge is 0.316 e. The Bertz CT molecular complexity index is 90.7. The van der Waals surface area contributed by atoms with Crippen LogP contribution < -0.4 is 5.32 Å². The first-order valence-electron chi connectivity index (χ1n) is 4.53. The number of nitrogens with one attached hydrogen (secondary N) is 1. The number of hydrogen-bond donors (Lipinski definition) is 1. The standard InChI is InChI=1S/C9H19N/c1-3-9-4-5-10-7-8(2)6-9/h8-10H,3-7H2,1-2H3. The molecule has 1 N–H and O–H groups in total. The van der Waals surface area contributed by atoms with E-state index < -0.39 is 0 Å². The van der Waals surface area contributed by atoms with Crippen LogP contribution in [0.4, 0.5) is 0 Å². The van der Waals surface area contributed by atoms with Crippen molar-refractivity contribution < 1.29 is 0 Å². The van der Waals surface area contributed by atoms with Gasteiger partial charge in [-0.15, -0.1) is 0 Å². The van der Waals surface area contributed by atoms with Gasteiger partial charge >= 0.3 is 0 Å². The van der Waals surface area contributed by atoms with E-state index in [1.807, 2.05) is 0 Å². The summed E-state index contributed by atoms with van der Waals surface area (Å²) in [6.07, 6.45) is 4.19.